The molecule has 2 aromatic carbocycles. The Morgan fingerprint density at radius 3 is 2.67 bits per heavy atom. The van der Waals surface area contributed by atoms with Crippen molar-refractivity contribution < 1.29 is 23.0 Å². The zero-order valence-electron chi connectivity index (χ0n) is 14.8. The van der Waals surface area contributed by atoms with Crippen molar-refractivity contribution in [1.82, 2.24) is 4.90 Å². The lowest BCUT2D eigenvalue weighted by Crippen LogP contribution is -2.44. The highest BCUT2D eigenvalue weighted by Gasteiger charge is 2.42. The van der Waals surface area contributed by atoms with Crippen LogP contribution in [0.4, 0.5) is 14.5 Å². The molecule has 2 aliphatic rings. The number of rotatable bonds is 6. The van der Waals surface area contributed by atoms with Gasteiger partial charge < -0.3 is 19.7 Å². The van der Waals surface area contributed by atoms with Gasteiger partial charge in [0.2, 0.25) is 0 Å². The molecule has 1 heterocycles. The molecule has 0 aromatic heterocycles. The van der Waals surface area contributed by atoms with Gasteiger partial charge in [0.1, 0.15) is 6.17 Å². The number of benzene rings is 2. The van der Waals surface area contributed by atoms with Gasteiger partial charge >= 0.3 is 6.61 Å². The Hall–Kier alpha value is -2.83. The van der Waals surface area contributed by atoms with Crippen molar-refractivity contribution in [2.75, 3.05) is 11.9 Å². The number of hydrogen-bond acceptors (Lipinski definition) is 4. The van der Waals surface area contributed by atoms with E-state index in [0.717, 1.165) is 24.1 Å². The summed E-state index contributed by atoms with van der Waals surface area (Å²) in [6, 6.07) is 12.4. The Bertz CT molecular complexity index is 855. The Labute approximate surface area is 155 Å². The van der Waals surface area contributed by atoms with E-state index in [1.54, 1.807) is 19.1 Å². The van der Waals surface area contributed by atoms with Crippen LogP contribution in [-0.2, 0) is 0 Å². The lowest BCUT2D eigenvalue weighted by Gasteiger charge is -2.38. The molecule has 5 nitrogen and oxygen atoms in total. The maximum Gasteiger partial charge on any atom is 0.387 e. The zero-order valence-corrected chi connectivity index (χ0v) is 14.8. The number of nitrogens with one attached hydrogen (secondary N) is 1. The van der Waals surface area contributed by atoms with Crippen molar-refractivity contribution in [3.8, 4) is 11.5 Å². The topological polar surface area (TPSA) is 50.8 Å². The Kier molecular flexibility index (Phi) is 4.59. The highest BCUT2D eigenvalue weighted by atomic mass is 19.3. The summed E-state index contributed by atoms with van der Waals surface area (Å²) in [4.78, 5) is 14.9. The number of ether oxygens (including phenoxy) is 2. The molecule has 7 heteroatoms. The molecule has 142 valence electrons. The molecule has 27 heavy (non-hydrogen) atoms. The van der Waals surface area contributed by atoms with Gasteiger partial charge in [0, 0.05) is 11.7 Å². The number of para-hydroxylation sites is 1. The van der Waals surface area contributed by atoms with Crippen LogP contribution in [-0.4, -0.2) is 30.1 Å². The molecule has 0 saturated heterocycles. The van der Waals surface area contributed by atoms with E-state index in [-0.39, 0.29) is 29.6 Å². The Morgan fingerprint density at radius 1 is 1.19 bits per heavy atom. The molecular formula is C20H20F2N2O3. The van der Waals surface area contributed by atoms with Gasteiger partial charge in [0.05, 0.1) is 12.2 Å². The first-order valence-electron chi connectivity index (χ1n) is 8.98. The second-order valence-electron chi connectivity index (χ2n) is 6.55. The van der Waals surface area contributed by atoms with Crippen LogP contribution in [0.5, 0.6) is 11.5 Å². The minimum absolute atomic E-state index is 0.0175. The van der Waals surface area contributed by atoms with Crippen LogP contribution in [0, 0.1) is 0 Å². The summed E-state index contributed by atoms with van der Waals surface area (Å²) in [5, 5.41) is 3.41. The van der Waals surface area contributed by atoms with E-state index in [0.29, 0.717) is 12.2 Å². The van der Waals surface area contributed by atoms with Gasteiger partial charge in [0.25, 0.3) is 5.91 Å². The highest BCUT2D eigenvalue weighted by molar-refractivity contribution is 6.02. The van der Waals surface area contributed by atoms with E-state index >= 15 is 0 Å². The number of carbonyl (C=O) groups excluding carboxylic acids is 1. The SMILES string of the molecule is CCOc1cc([C@@H]2Nc3ccccc3C(=O)N2C2CC2)ccc1OC(F)F. The van der Waals surface area contributed by atoms with Crippen LogP contribution < -0.4 is 14.8 Å². The predicted octanol–water partition coefficient (Wildman–Crippen LogP) is 4.42. The molecule has 2 aromatic rings. The van der Waals surface area contributed by atoms with E-state index in [1.165, 1.54) is 6.07 Å². The smallest absolute Gasteiger partial charge is 0.387 e. The minimum Gasteiger partial charge on any atom is -0.490 e. The number of anilines is 1. The van der Waals surface area contributed by atoms with E-state index in [9.17, 15) is 13.6 Å². The molecule has 0 radical (unpaired) electrons. The number of carbonyl (C=O) groups is 1. The third-order valence-electron chi connectivity index (χ3n) is 4.70. The second-order valence-corrected chi connectivity index (χ2v) is 6.55. The van der Waals surface area contributed by atoms with Crippen molar-refractivity contribution in [3.63, 3.8) is 0 Å². The van der Waals surface area contributed by atoms with Gasteiger partial charge in [-0.25, -0.2) is 0 Å². The van der Waals surface area contributed by atoms with Gasteiger partial charge in [-0.2, -0.15) is 8.78 Å². The number of hydrogen-bond donors (Lipinski definition) is 1. The zero-order chi connectivity index (χ0) is 19.0. The largest absolute Gasteiger partial charge is 0.490 e. The number of halogens is 2. The first-order chi connectivity index (χ1) is 13.1. The average Bonchev–Trinajstić information content (AvgIpc) is 3.48. The minimum atomic E-state index is -2.93. The fraction of sp³-hybridized carbons (Fsp3) is 0.350. The quantitative estimate of drug-likeness (QED) is 0.813. The van der Waals surface area contributed by atoms with Crippen molar-refractivity contribution in [1.29, 1.82) is 0 Å². The lowest BCUT2D eigenvalue weighted by atomic mass is 10.0. The fourth-order valence-corrected chi connectivity index (χ4v) is 3.40. The Balaban J connectivity index is 1.72. The summed E-state index contributed by atoms with van der Waals surface area (Å²) in [6.07, 6.45) is 1.52. The summed E-state index contributed by atoms with van der Waals surface area (Å²) < 4.78 is 35.3. The van der Waals surface area contributed by atoms with Crippen LogP contribution in [0.1, 0.15) is 41.9 Å². The van der Waals surface area contributed by atoms with Crippen molar-refractivity contribution in [3.05, 3.63) is 53.6 Å². The van der Waals surface area contributed by atoms with Crippen LogP contribution in [0.2, 0.25) is 0 Å². The van der Waals surface area contributed by atoms with Crippen molar-refractivity contribution >= 4 is 11.6 Å². The Morgan fingerprint density at radius 2 is 1.96 bits per heavy atom. The standard InChI is InChI=1S/C20H20F2N2O3/c1-2-26-17-11-12(7-10-16(17)27-20(21)22)18-23-15-6-4-3-5-14(15)19(25)24(18)13-8-9-13/h3-7,10-11,13,18,20,23H,2,8-9H2,1H3/t18-/m1/s1. The van der Waals surface area contributed by atoms with Gasteiger partial charge in [0.15, 0.2) is 11.5 Å². The molecule has 1 atom stereocenters. The summed E-state index contributed by atoms with van der Waals surface area (Å²) in [5.74, 6) is 0.193. The molecule has 1 saturated carbocycles. The maximum absolute atomic E-state index is 13.0. The van der Waals surface area contributed by atoms with Crippen LogP contribution in [0.15, 0.2) is 42.5 Å². The van der Waals surface area contributed by atoms with Crippen LogP contribution in [0.25, 0.3) is 0 Å². The first kappa shape index (κ1) is 17.6. The van der Waals surface area contributed by atoms with Gasteiger partial charge in [-0.1, -0.05) is 18.2 Å². The monoisotopic (exact) mass is 374 g/mol. The lowest BCUT2D eigenvalue weighted by molar-refractivity contribution is -0.0514. The molecule has 1 aliphatic heterocycles. The predicted molar refractivity (Wildman–Crippen MR) is 96.2 cm³/mol. The summed E-state index contributed by atoms with van der Waals surface area (Å²) in [5.41, 5.74) is 2.16. The van der Waals surface area contributed by atoms with Crippen molar-refractivity contribution in [2.24, 2.45) is 0 Å². The number of nitrogens with zero attached hydrogens (tertiary/aromatic N) is 1. The first-order valence-corrected chi connectivity index (χ1v) is 8.98. The number of amides is 1. The molecule has 4 rings (SSSR count). The maximum atomic E-state index is 13.0. The molecule has 1 N–H and O–H groups in total. The number of fused-ring (bicyclic) bond motifs is 1. The summed E-state index contributed by atoms with van der Waals surface area (Å²) in [7, 11) is 0. The van der Waals surface area contributed by atoms with Gasteiger partial charge in [-0.05, 0) is 49.6 Å². The average molecular weight is 374 g/mol. The van der Waals surface area contributed by atoms with Gasteiger partial charge in [-0.3, -0.25) is 4.79 Å². The van der Waals surface area contributed by atoms with E-state index in [4.69, 9.17) is 4.74 Å². The molecule has 1 fully saturated rings. The second kappa shape index (κ2) is 7.06. The summed E-state index contributed by atoms with van der Waals surface area (Å²) >= 11 is 0. The number of alkyl halides is 2. The van der Waals surface area contributed by atoms with E-state index in [1.807, 2.05) is 29.2 Å². The third-order valence-corrected chi connectivity index (χ3v) is 4.70. The normalized spacial score (nSPS) is 18.9. The molecular weight excluding hydrogens is 354 g/mol. The molecule has 1 amide bonds. The van der Waals surface area contributed by atoms with Crippen LogP contribution >= 0.6 is 0 Å². The van der Waals surface area contributed by atoms with Crippen molar-refractivity contribution in [2.45, 2.75) is 38.6 Å². The van der Waals surface area contributed by atoms with Crippen LogP contribution in [0.3, 0.4) is 0 Å². The fourth-order valence-electron chi connectivity index (χ4n) is 3.40. The summed E-state index contributed by atoms with van der Waals surface area (Å²) in [6.45, 7) is -0.845. The molecule has 0 spiro atoms. The third kappa shape index (κ3) is 3.41. The molecule has 1 aliphatic carbocycles. The molecule has 0 unspecified atom stereocenters. The molecule has 0 bridgehead atoms. The van der Waals surface area contributed by atoms with E-state index in [2.05, 4.69) is 10.1 Å². The van der Waals surface area contributed by atoms with E-state index < -0.39 is 6.61 Å². The van der Waals surface area contributed by atoms with Gasteiger partial charge in [-0.15, -0.1) is 0 Å². The highest BCUT2D eigenvalue weighted by Crippen LogP contribution is 2.42.